The van der Waals surface area contributed by atoms with Gasteiger partial charge in [0.2, 0.25) is 10.0 Å². The molecular formula is C13H18ClNO4S2. The van der Waals surface area contributed by atoms with Gasteiger partial charge in [-0.15, -0.1) is 0 Å². The highest BCUT2D eigenvalue weighted by Crippen LogP contribution is 2.37. The minimum absolute atomic E-state index is 0.0246. The van der Waals surface area contributed by atoms with E-state index in [2.05, 4.69) is 11.6 Å². The second kappa shape index (κ2) is 5.87. The number of hydrogen-bond acceptors (Lipinski definition) is 4. The molecule has 2 rings (SSSR count). The second-order valence-corrected chi connectivity index (χ2v) is 10.1. The van der Waals surface area contributed by atoms with Crippen molar-refractivity contribution in [2.45, 2.75) is 42.4 Å². The smallest absolute Gasteiger partial charge is 0.211 e. The number of halogens is 1. The summed E-state index contributed by atoms with van der Waals surface area (Å²) in [6, 6.07) is 5.05. The summed E-state index contributed by atoms with van der Waals surface area (Å²) in [5.74, 6) is 0. The Morgan fingerprint density at radius 2 is 1.71 bits per heavy atom. The van der Waals surface area contributed by atoms with Crippen molar-refractivity contribution in [1.29, 1.82) is 0 Å². The highest BCUT2D eigenvalue weighted by Gasteiger charge is 2.30. The van der Waals surface area contributed by atoms with E-state index in [0.29, 0.717) is 6.54 Å². The third-order valence-electron chi connectivity index (χ3n) is 3.90. The van der Waals surface area contributed by atoms with Crippen LogP contribution in [0.25, 0.3) is 0 Å². The van der Waals surface area contributed by atoms with E-state index < -0.39 is 19.1 Å². The van der Waals surface area contributed by atoms with Gasteiger partial charge in [-0.3, -0.25) is 0 Å². The van der Waals surface area contributed by atoms with Crippen LogP contribution in [0.4, 0.5) is 0 Å². The molecule has 0 amide bonds. The fourth-order valence-corrected chi connectivity index (χ4v) is 4.67. The highest BCUT2D eigenvalue weighted by atomic mass is 35.7. The molecule has 0 aliphatic heterocycles. The van der Waals surface area contributed by atoms with Gasteiger partial charge in [0, 0.05) is 17.2 Å². The lowest BCUT2D eigenvalue weighted by atomic mass is 9.89. The van der Waals surface area contributed by atoms with Gasteiger partial charge in [-0.05, 0) is 36.5 Å². The van der Waals surface area contributed by atoms with E-state index in [0.717, 1.165) is 31.7 Å². The number of benzene rings is 1. The van der Waals surface area contributed by atoms with Crippen molar-refractivity contribution in [3.63, 3.8) is 0 Å². The monoisotopic (exact) mass is 351 g/mol. The summed E-state index contributed by atoms with van der Waals surface area (Å²) in [6.07, 6.45) is 4.20. The SMILES string of the molecule is CC1(CNS(=O)(=O)c2cccc(S(=O)(=O)Cl)c2)CCCC1. The molecule has 0 aromatic heterocycles. The van der Waals surface area contributed by atoms with Gasteiger partial charge in [-0.2, -0.15) is 0 Å². The third kappa shape index (κ3) is 4.18. The molecule has 21 heavy (non-hydrogen) atoms. The van der Waals surface area contributed by atoms with E-state index in [1.54, 1.807) is 0 Å². The first-order chi connectivity index (χ1) is 9.62. The number of hydrogen-bond donors (Lipinski definition) is 1. The van der Waals surface area contributed by atoms with Crippen LogP contribution in [0.5, 0.6) is 0 Å². The summed E-state index contributed by atoms with van der Waals surface area (Å²) in [5, 5.41) is 0. The zero-order valence-corrected chi connectivity index (χ0v) is 14.1. The molecular weight excluding hydrogens is 334 g/mol. The lowest BCUT2D eigenvalue weighted by molar-refractivity contribution is 0.336. The highest BCUT2D eigenvalue weighted by molar-refractivity contribution is 8.13. The van der Waals surface area contributed by atoms with Crippen LogP contribution in [0, 0.1) is 5.41 Å². The predicted octanol–water partition coefficient (Wildman–Crippen LogP) is 2.47. The quantitative estimate of drug-likeness (QED) is 0.826. The van der Waals surface area contributed by atoms with E-state index in [9.17, 15) is 16.8 Å². The average Bonchev–Trinajstić information content (AvgIpc) is 2.84. The van der Waals surface area contributed by atoms with Crippen LogP contribution < -0.4 is 4.72 Å². The van der Waals surface area contributed by atoms with Gasteiger partial charge < -0.3 is 0 Å². The lowest BCUT2D eigenvalue weighted by Gasteiger charge is -2.23. The molecule has 8 heteroatoms. The Bertz CT molecular complexity index is 722. The van der Waals surface area contributed by atoms with Crippen molar-refractivity contribution in [2.24, 2.45) is 5.41 Å². The van der Waals surface area contributed by atoms with Crippen molar-refractivity contribution in [3.05, 3.63) is 24.3 Å². The summed E-state index contributed by atoms with van der Waals surface area (Å²) in [6.45, 7) is 2.41. The minimum Gasteiger partial charge on any atom is -0.211 e. The van der Waals surface area contributed by atoms with E-state index in [4.69, 9.17) is 10.7 Å². The Morgan fingerprint density at radius 3 is 2.29 bits per heavy atom. The van der Waals surface area contributed by atoms with Gasteiger partial charge in [-0.1, -0.05) is 25.8 Å². The molecule has 0 bridgehead atoms. The first-order valence-electron chi connectivity index (χ1n) is 6.67. The summed E-state index contributed by atoms with van der Waals surface area (Å²) in [5.41, 5.74) is -0.0246. The Balaban J connectivity index is 2.20. The zero-order chi connectivity index (χ0) is 15.7. The maximum Gasteiger partial charge on any atom is 0.261 e. The van der Waals surface area contributed by atoms with Crippen LogP contribution in [0.1, 0.15) is 32.6 Å². The Hall–Kier alpha value is -0.630. The first kappa shape index (κ1) is 16.7. The Kier molecular flexibility index (Phi) is 4.68. The van der Waals surface area contributed by atoms with E-state index in [1.807, 2.05) is 0 Å². The maximum absolute atomic E-state index is 12.3. The second-order valence-electron chi connectivity index (χ2n) is 5.76. The molecule has 5 nitrogen and oxygen atoms in total. The maximum atomic E-state index is 12.3. The molecule has 1 N–H and O–H groups in total. The molecule has 0 atom stereocenters. The van der Waals surface area contributed by atoms with Gasteiger partial charge in [0.05, 0.1) is 9.79 Å². The Labute approximate surface area is 130 Å². The fourth-order valence-electron chi connectivity index (χ4n) is 2.55. The minimum atomic E-state index is -3.95. The first-order valence-corrected chi connectivity index (χ1v) is 10.5. The predicted molar refractivity (Wildman–Crippen MR) is 81.2 cm³/mol. The van der Waals surface area contributed by atoms with Crippen molar-refractivity contribution < 1.29 is 16.8 Å². The molecule has 1 saturated carbocycles. The molecule has 1 fully saturated rings. The summed E-state index contributed by atoms with van der Waals surface area (Å²) in [4.78, 5) is -0.315. The molecule has 1 aliphatic carbocycles. The largest absolute Gasteiger partial charge is 0.261 e. The van der Waals surface area contributed by atoms with Crippen LogP contribution in [0.3, 0.4) is 0 Å². The average molecular weight is 352 g/mol. The lowest BCUT2D eigenvalue weighted by Crippen LogP contribution is -2.34. The summed E-state index contributed by atoms with van der Waals surface area (Å²) in [7, 11) is -2.45. The zero-order valence-electron chi connectivity index (χ0n) is 11.7. The standard InChI is InChI=1S/C13H18ClNO4S2/c1-13(7-2-3-8-13)10-15-21(18,19)12-6-4-5-11(9-12)20(14,16)17/h4-6,9,15H,2-3,7-8,10H2,1H3. The van der Waals surface area contributed by atoms with Gasteiger partial charge >= 0.3 is 0 Å². The van der Waals surface area contributed by atoms with Crippen LogP contribution >= 0.6 is 10.7 Å². The van der Waals surface area contributed by atoms with Gasteiger partial charge in [0.25, 0.3) is 9.05 Å². The normalized spacial score (nSPS) is 18.8. The van der Waals surface area contributed by atoms with E-state index >= 15 is 0 Å². The Morgan fingerprint density at radius 1 is 1.14 bits per heavy atom. The molecule has 1 aromatic rings. The van der Waals surface area contributed by atoms with Crippen LogP contribution in [-0.4, -0.2) is 23.4 Å². The molecule has 0 saturated heterocycles. The van der Waals surface area contributed by atoms with Crippen LogP contribution in [0.15, 0.2) is 34.1 Å². The topological polar surface area (TPSA) is 80.3 Å². The van der Waals surface area contributed by atoms with E-state index in [-0.39, 0.29) is 15.2 Å². The van der Waals surface area contributed by atoms with Gasteiger partial charge in [0.15, 0.2) is 0 Å². The number of rotatable bonds is 5. The molecule has 0 radical (unpaired) electrons. The van der Waals surface area contributed by atoms with Crippen molar-refractivity contribution >= 4 is 29.8 Å². The van der Waals surface area contributed by atoms with Crippen molar-refractivity contribution in [3.8, 4) is 0 Å². The molecule has 1 aromatic carbocycles. The van der Waals surface area contributed by atoms with Crippen LogP contribution in [0.2, 0.25) is 0 Å². The molecule has 0 heterocycles. The molecule has 118 valence electrons. The van der Waals surface area contributed by atoms with Crippen molar-refractivity contribution in [2.75, 3.05) is 6.54 Å². The molecule has 1 aliphatic rings. The molecule has 0 unspecified atom stereocenters. The van der Waals surface area contributed by atoms with E-state index in [1.165, 1.54) is 18.2 Å². The fraction of sp³-hybridized carbons (Fsp3) is 0.538. The van der Waals surface area contributed by atoms with Crippen LogP contribution in [-0.2, 0) is 19.1 Å². The summed E-state index contributed by atoms with van der Waals surface area (Å²) >= 11 is 0. The molecule has 0 spiro atoms. The number of sulfonamides is 1. The van der Waals surface area contributed by atoms with Crippen molar-refractivity contribution in [1.82, 2.24) is 4.72 Å². The third-order valence-corrected chi connectivity index (χ3v) is 6.65. The van der Waals surface area contributed by atoms with Gasteiger partial charge in [0.1, 0.15) is 0 Å². The van der Waals surface area contributed by atoms with Gasteiger partial charge in [-0.25, -0.2) is 21.6 Å². The summed E-state index contributed by atoms with van der Waals surface area (Å²) < 4.78 is 49.7. The number of nitrogens with one attached hydrogen (secondary N) is 1.